The molecule has 0 radical (unpaired) electrons. The van der Waals surface area contributed by atoms with Crippen molar-refractivity contribution < 1.29 is 9.59 Å². The van der Waals surface area contributed by atoms with Crippen LogP contribution < -0.4 is 5.32 Å². The van der Waals surface area contributed by atoms with Gasteiger partial charge >= 0.3 is 0 Å². The molecule has 1 aliphatic carbocycles. The molecule has 1 aromatic heterocycles. The quantitative estimate of drug-likeness (QED) is 0.744. The van der Waals surface area contributed by atoms with Crippen LogP contribution in [0.25, 0.3) is 0 Å². The van der Waals surface area contributed by atoms with Crippen molar-refractivity contribution >= 4 is 11.8 Å². The van der Waals surface area contributed by atoms with Gasteiger partial charge in [0.25, 0.3) is 5.91 Å². The summed E-state index contributed by atoms with van der Waals surface area (Å²) in [6.45, 7) is 9.80. The number of aromatic nitrogens is 2. The van der Waals surface area contributed by atoms with E-state index in [1.165, 1.54) is 12.8 Å². The Kier molecular flexibility index (Phi) is 6.35. The van der Waals surface area contributed by atoms with Gasteiger partial charge in [-0.1, -0.05) is 25.0 Å². The molecule has 1 atom stereocenters. The summed E-state index contributed by atoms with van der Waals surface area (Å²) < 4.78 is 1.87. The first-order valence-corrected chi connectivity index (χ1v) is 8.43. The fourth-order valence-corrected chi connectivity index (χ4v) is 3.00. The van der Waals surface area contributed by atoms with Crippen LogP contribution in [0, 0.1) is 0 Å². The Labute approximate surface area is 143 Å². The maximum absolute atomic E-state index is 12.4. The number of nitrogens with one attached hydrogen (secondary N) is 1. The third kappa shape index (κ3) is 4.34. The van der Waals surface area contributed by atoms with Gasteiger partial charge in [0, 0.05) is 19.3 Å². The lowest BCUT2D eigenvalue weighted by Crippen LogP contribution is -2.47. The molecule has 1 unspecified atom stereocenters. The van der Waals surface area contributed by atoms with Crippen molar-refractivity contribution in [1.82, 2.24) is 20.0 Å². The Morgan fingerprint density at radius 3 is 2.58 bits per heavy atom. The van der Waals surface area contributed by atoms with Crippen molar-refractivity contribution in [3.05, 3.63) is 43.3 Å². The van der Waals surface area contributed by atoms with Gasteiger partial charge in [-0.05, 0) is 25.8 Å². The van der Waals surface area contributed by atoms with Gasteiger partial charge in [-0.15, -0.1) is 13.2 Å². The van der Waals surface area contributed by atoms with E-state index in [1.807, 2.05) is 10.9 Å². The molecule has 1 heterocycles. The lowest BCUT2D eigenvalue weighted by atomic mass is 10.2. The molecule has 0 bridgehead atoms. The zero-order valence-electron chi connectivity index (χ0n) is 14.3. The predicted molar refractivity (Wildman–Crippen MR) is 93.6 cm³/mol. The Balaban J connectivity index is 1.96. The summed E-state index contributed by atoms with van der Waals surface area (Å²) in [5, 5.41) is 7.09. The number of rotatable bonds is 8. The Bertz CT molecular complexity index is 592. The molecule has 24 heavy (non-hydrogen) atoms. The average molecular weight is 330 g/mol. The van der Waals surface area contributed by atoms with E-state index in [2.05, 4.69) is 23.6 Å². The van der Waals surface area contributed by atoms with Crippen molar-refractivity contribution in [2.24, 2.45) is 0 Å². The van der Waals surface area contributed by atoms with Gasteiger partial charge in [0.1, 0.15) is 11.7 Å². The summed E-state index contributed by atoms with van der Waals surface area (Å²) in [7, 11) is 0. The lowest BCUT2D eigenvalue weighted by Gasteiger charge is -2.23. The van der Waals surface area contributed by atoms with Crippen molar-refractivity contribution in [3.8, 4) is 0 Å². The molecule has 1 aliphatic rings. The molecule has 6 heteroatoms. The molecule has 0 saturated heterocycles. The molecule has 0 spiro atoms. The average Bonchev–Trinajstić information content (AvgIpc) is 3.24. The molecular formula is C18H26N4O2. The summed E-state index contributed by atoms with van der Waals surface area (Å²) in [6, 6.07) is 1.46. The highest BCUT2D eigenvalue weighted by molar-refractivity contribution is 5.95. The van der Waals surface area contributed by atoms with Crippen LogP contribution in [0.1, 0.15) is 49.1 Å². The molecule has 130 valence electrons. The topological polar surface area (TPSA) is 67.2 Å². The minimum Gasteiger partial charge on any atom is -0.339 e. The van der Waals surface area contributed by atoms with E-state index < -0.39 is 6.04 Å². The number of hydrogen-bond donors (Lipinski definition) is 1. The molecule has 1 aromatic rings. The molecule has 0 aromatic carbocycles. The van der Waals surface area contributed by atoms with E-state index in [1.54, 1.807) is 30.0 Å². The van der Waals surface area contributed by atoms with E-state index in [0.29, 0.717) is 24.8 Å². The monoisotopic (exact) mass is 330 g/mol. The third-order valence-electron chi connectivity index (χ3n) is 4.27. The second-order valence-corrected chi connectivity index (χ2v) is 6.13. The molecule has 1 saturated carbocycles. The van der Waals surface area contributed by atoms with Gasteiger partial charge in [0.15, 0.2) is 0 Å². The van der Waals surface area contributed by atoms with Gasteiger partial charge in [-0.3, -0.25) is 14.3 Å². The normalized spacial score (nSPS) is 15.7. The van der Waals surface area contributed by atoms with Gasteiger partial charge in [0.05, 0.1) is 6.04 Å². The third-order valence-corrected chi connectivity index (χ3v) is 4.27. The van der Waals surface area contributed by atoms with Crippen LogP contribution in [-0.2, 0) is 4.79 Å². The largest absolute Gasteiger partial charge is 0.339 e. The number of nitrogens with zero attached hydrogens (tertiary/aromatic N) is 3. The highest BCUT2D eigenvalue weighted by Crippen LogP contribution is 2.28. The lowest BCUT2D eigenvalue weighted by molar-refractivity contribution is -0.131. The Hall–Kier alpha value is -2.37. The Morgan fingerprint density at radius 1 is 1.38 bits per heavy atom. The summed E-state index contributed by atoms with van der Waals surface area (Å²) in [6.07, 6.45) is 9.78. The summed E-state index contributed by atoms with van der Waals surface area (Å²) in [4.78, 5) is 26.3. The van der Waals surface area contributed by atoms with Crippen LogP contribution in [0.2, 0.25) is 0 Å². The first-order valence-electron chi connectivity index (χ1n) is 8.43. The van der Waals surface area contributed by atoms with Crippen molar-refractivity contribution in [2.45, 2.75) is 44.7 Å². The SMILES string of the molecule is C=CCN(CC=C)C(=O)C(C)NC(=O)c1ccn(C2CCCC2)n1. The van der Waals surface area contributed by atoms with Crippen molar-refractivity contribution in [3.63, 3.8) is 0 Å². The van der Waals surface area contributed by atoms with Crippen LogP contribution >= 0.6 is 0 Å². The van der Waals surface area contributed by atoms with Crippen molar-refractivity contribution in [1.29, 1.82) is 0 Å². The molecule has 1 fully saturated rings. The van der Waals surface area contributed by atoms with E-state index in [-0.39, 0.29) is 11.8 Å². The fourth-order valence-electron chi connectivity index (χ4n) is 3.00. The smallest absolute Gasteiger partial charge is 0.272 e. The van der Waals surface area contributed by atoms with Gasteiger partial charge in [-0.2, -0.15) is 5.10 Å². The first-order chi connectivity index (χ1) is 11.6. The zero-order valence-corrected chi connectivity index (χ0v) is 14.3. The van der Waals surface area contributed by atoms with Crippen LogP contribution in [-0.4, -0.2) is 45.6 Å². The second-order valence-electron chi connectivity index (χ2n) is 6.13. The number of amides is 2. The van der Waals surface area contributed by atoms with Crippen LogP contribution in [0.5, 0.6) is 0 Å². The summed E-state index contributed by atoms with van der Waals surface area (Å²) in [5.74, 6) is -0.497. The molecule has 6 nitrogen and oxygen atoms in total. The van der Waals surface area contributed by atoms with Crippen LogP contribution in [0.15, 0.2) is 37.6 Å². The maximum Gasteiger partial charge on any atom is 0.272 e. The molecule has 1 N–H and O–H groups in total. The summed E-state index contributed by atoms with van der Waals surface area (Å²) >= 11 is 0. The minimum absolute atomic E-state index is 0.168. The molecular weight excluding hydrogens is 304 g/mol. The van der Waals surface area contributed by atoms with Gasteiger partial charge in [0.2, 0.25) is 5.91 Å². The first kappa shape index (κ1) is 18.0. The molecule has 0 aliphatic heterocycles. The number of hydrogen-bond acceptors (Lipinski definition) is 3. The highest BCUT2D eigenvalue weighted by atomic mass is 16.2. The van der Waals surface area contributed by atoms with Crippen LogP contribution in [0.3, 0.4) is 0 Å². The standard InChI is InChI=1S/C18H26N4O2/c1-4-11-21(12-5-2)18(24)14(3)19-17(23)16-10-13-22(20-16)15-8-6-7-9-15/h4-5,10,13-15H,1-2,6-9,11-12H2,3H3,(H,19,23). The van der Waals surface area contributed by atoms with E-state index in [0.717, 1.165) is 12.8 Å². The van der Waals surface area contributed by atoms with E-state index >= 15 is 0 Å². The van der Waals surface area contributed by atoms with Gasteiger partial charge in [-0.25, -0.2) is 0 Å². The zero-order chi connectivity index (χ0) is 17.5. The molecule has 2 rings (SSSR count). The highest BCUT2D eigenvalue weighted by Gasteiger charge is 2.23. The maximum atomic E-state index is 12.4. The van der Waals surface area contributed by atoms with Crippen LogP contribution in [0.4, 0.5) is 0 Å². The van der Waals surface area contributed by atoms with Crippen molar-refractivity contribution in [2.75, 3.05) is 13.1 Å². The predicted octanol–water partition coefficient (Wildman–Crippen LogP) is 2.32. The second kappa shape index (κ2) is 8.47. The fraction of sp³-hybridized carbons (Fsp3) is 0.500. The Morgan fingerprint density at radius 2 is 2.00 bits per heavy atom. The molecule has 2 amide bonds. The van der Waals surface area contributed by atoms with Gasteiger partial charge < -0.3 is 10.2 Å². The van der Waals surface area contributed by atoms with E-state index in [9.17, 15) is 9.59 Å². The minimum atomic E-state index is -0.631. The summed E-state index contributed by atoms with van der Waals surface area (Å²) in [5.41, 5.74) is 0.348. The number of carbonyl (C=O) groups excluding carboxylic acids is 2. The van der Waals surface area contributed by atoms with E-state index in [4.69, 9.17) is 0 Å². The number of carbonyl (C=O) groups is 2.